The Bertz CT molecular complexity index is 1090. The van der Waals surface area contributed by atoms with Crippen LogP contribution in [0.2, 0.25) is 0 Å². The second-order valence-electron chi connectivity index (χ2n) is 18.1. The predicted molar refractivity (Wildman–Crippen MR) is 211 cm³/mol. The molecule has 0 heterocycles. The van der Waals surface area contributed by atoms with Crippen LogP contribution in [0, 0.1) is 46.3 Å². The maximum Gasteiger partial charge on any atom is 0.331 e. The van der Waals surface area contributed by atoms with Gasteiger partial charge in [-0.25, -0.2) is 4.79 Å². The molecule has 0 radical (unpaired) electrons. The molecule has 4 rings (SSSR count). The molecule has 4 aliphatic carbocycles. The van der Waals surface area contributed by atoms with Crippen molar-refractivity contribution >= 4 is 5.97 Å². The van der Waals surface area contributed by atoms with Gasteiger partial charge in [0.2, 0.25) is 0 Å². The fraction of sp³-hybridized carbons (Fsp3) is 0.809. The highest BCUT2D eigenvalue weighted by Gasteiger charge is 2.59. The number of hydrogen-bond donors (Lipinski definition) is 0. The Morgan fingerprint density at radius 1 is 0.796 bits per heavy atom. The summed E-state index contributed by atoms with van der Waals surface area (Å²) in [6, 6.07) is 0. The van der Waals surface area contributed by atoms with Crippen molar-refractivity contribution in [2.45, 2.75) is 195 Å². The molecule has 0 aromatic heterocycles. The molecule has 0 spiro atoms. The Labute approximate surface area is 304 Å². The van der Waals surface area contributed by atoms with Gasteiger partial charge in [0.15, 0.2) is 0 Å². The monoisotopic (exact) mass is 675 g/mol. The van der Waals surface area contributed by atoms with E-state index in [4.69, 9.17) is 4.74 Å². The number of unbranched alkanes of at least 4 members (excludes halogenated alkanes) is 11. The van der Waals surface area contributed by atoms with Crippen LogP contribution in [0.1, 0.15) is 189 Å². The fourth-order valence-electron chi connectivity index (χ4n) is 11.3. The molecule has 3 saturated carbocycles. The molecule has 0 aromatic carbocycles. The molecule has 0 saturated heterocycles. The highest BCUT2D eigenvalue weighted by Crippen LogP contribution is 2.67. The first-order chi connectivity index (χ1) is 23.7. The lowest BCUT2D eigenvalue weighted by molar-refractivity contribution is -0.145. The minimum atomic E-state index is -0.189. The molecule has 49 heavy (non-hydrogen) atoms. The van der Waals surface area contributed by atoms with Crippen molar-refractivity contribution in [3.8, 4) is 0 Å². The predicted octanol–water partition coefficient (Wildman–Crippen LogP) is 14.3. The zero-order valence-electron chi connectivity index (χ0n) is 33.2. The Kier molecular flexibility index (Phi) is 16.8. The number of esters is 1. The Balaban J connectivity index is 1.13. The van der Waals surface area contributed by atoms with Crippen molar-refractivity contribution in [3.63, 3.8) is 0 Å². The third-order valence-electron chi connectivity index (χ3n) is 14.2. The molecule has 0 amide bonds. The topological polar surface area (TPSA) is 26.3 Å². The van der Waals surface area contributed by atoms with E-state index in [1.165, 1.54) is 128 Å². The standard InChI is InChI=1S/C47H78O2/c1-7-8-9-10-11-12-13-14-15-16-17-18-19-20-21-22-23-27-45(48)49-40-32-34-46(5)39(36-40)28-29-41-43-31-30-42(38(4)26-24-25-37(2)3)47(43,6)35-33-44(41)46/h19-23,27-28,37-38,40-44H,7-18,24-26,29-36H2,1-6H3/b20-19+,22-21+,27-23+/t38-,40+,41+,42-,43+,44+,46+,47-/m1/s1. The van der Waals surface area contributed by atoms with E-state index in [-0.39, 0.29) is 12.1 Å². The van der Waals surface area contributed by atoms with Gasteiger partial charge in [-0.15, -0.1) is 0 Å². The van der Waals surface area contributed by atoms with E-state index in [9.17, 15) is 4.79 Å². The molecule has 0 unspecified atom stereocenters. The summed E-state index contributed by atoms with van der Waals surface area (Å²) >= 11 is 0. The molecule has 278 valence electrons. The van der Waals surface area contributed by atoms with Gasteiger partial charge in [0.1, 0.15) is 6.10 Å². The third-order valence-corrected chi connectivity index (χ3v) is 14.2. The molecule has 0 N–H and O–H groups in total. The smallest absolute Gasteiger partial charge is 0.331 e. The molecule has 2 nitrogen and oxygen atoms in total. The van der Waals surface area contributed by atoms with E-state index < -0.39 is 0 Å². The van der Waals surface area contributed by atoms with Gasteiger partial charge in [0.05, 0.1) is 0 Å². The average Bonchev–Trinajstić information content (AvgIpc) is 3.43. The summed E-state index contributed by atoms with van der Waals surface area (Å²) in [6.07, 6.45) is 45.2. The Hall–Kier alpha value is -1.57. The van der Waals surface area contributed by atoms with Crippen LogP contribution in [0.5, 0.6) is 0 Å². The summed E-state index contributed by atoms with van der Waals surface area (Å²) in [5, 5.41) is 0. The van der Waals surface area contributed by atoms with Crippen LogP contribution in [0.3, 0.4) is 0 Å². The number of allylic oxidation sites excluding steroid dienone is 6. The van der Waals surface area contributed by atoms with Crippen molar-refractivity contribution in [2.24, 2.45) is 46.3 Å². The van der Waals surface area contributed by atoms with Crippen molar-refractivity contribution in [2.75, 3.05) is 0 Å². The minimum Gasteiger partial charge on any atom is -0.459 e. The number of rotatable bonds is 21. The molecule has 4 aliphatic rings. The second kappa shape index (κ2) is 20.5. The number of ether oxygens (including phenoxy) is 1. The van der Waals surface area contributed by atoms with Crippen LogP contribution in [-0.2, 0) is 9.53 Å². The first-order valence-electron chi connectivity index (χ1n) is 21.6. The van der Waals surface area contributed by atoms with Gasteiger partial charge in [0.25, 0.3) is 0 Å². The van der Waals surface area contributed by atoms with Crippen LogP contribution in [-0.4, -0.2) is 12.1 Å². The SMILES string of the molecule is CCCCCCCCCCCCC/C=C/C=C/C=C/C(=O)O[C@H]1CC[C@@]2(C)C(=CC[C@H]3[C@@H]4CC[C@H]([C@H](C)CCCC(C)C)[C@@]4(C)CC[C@@H]32)C1. The summed E-state index contributed by atoms with van der Waals surface area (Å²) in [5.41, 5.74) is 2.44. The lowest BCUT2D eigenvalue weighted by Gasteiger charge is -2.58. The highest BCUT2D eigenvalue weighted by molar-refractivity contribution is 5.82. The van der Waals surface area contributed by atoms with Crippen molar-refractivity contribution in [3.05, 3.63) is 48.1 Å². The van der Waals surface area contributed by atoms with Gasteiger partial charge in [-0.05, 0) is 104 Å². The van der Waals surface area contributed by atoms with E-state index in [0.717, 1.165) is 54.8 Å². The van der Waals surface area contributed by atoms with Crippen LogP contribution < -0.4 is 0 Å². The Morgan fingerprint density at radius 2 is 1.49 bits per heavy atom. The second-order valence-corrected chi connectivity index (χ2v) is 18.1. The average molecular weight is 675 g/mol. The van der Waals surface area contributed by atoms with Gasteiger partial charge in [-0.2, -0.15) is 0 Å². The maximum absolute atomic E-state index is 12.7. The minimum absolute atomic E-state index is 0.0269. The molecular formula is C47H78O2. The number of carbonyl (C=O) groups excluding carboxylic acids is 1. The first-order valence-corrected chi connectivity index (χ1v) is 21.6. The summed E-state index contributed by atoms with van der Waals surface area (Å²) in [7, 11) is 0. The van der Waals surface area contributed by atoms with Crippen LogP contribution in [0.15, 0.2) is 48.1 Å². The number of hydrogen-bond acceptors (Lipinski definition) is 2. The van der Waals surface area contributed by atoms with Crippen LogP contribution >= 0.6 is 0 Å². The van der Waals surface area contributed by atoms with E-state index in [1.54, 1.807) is 11.6 Å². The van der Waals surface area contributed by atoms with E-state index >= 15 is 0 Å². The third kappa shape index (κ3) is 11.5. The fourth-order valence-corrected chi connectivity index (χ4v) is 11.3. The lowest BCUT2D eigenvalue weighted by Crippen LogP contribution is -2.51. The van der Waals surface area contributed by atoms with Crippen molar-refractivity contribution in [1.29, 1.82) is 0 Å². The Morgan fingerprint density at radius 3 is 2.20 bits per heavy atom. The quantitative estimate of drug-likeness (QED) is 0.0398. The van der Waals surface area contributed by atoms with Gasteiger partial charge in [-0.3, -0.25) is 0 Å². The van der Waals surface area contributed by atoms with Gasteiger partial charge >= 0.3 is 5.97 Å². The van der Waals surface area contributed by atoms with Gasteiger partial charge in [-0.1, -0.05) is 167 Å². The van der Waals surface area contributed by atoms with Crippen LogP contribution in [0.4, 0.5) is 0 Å². The van der Waals surface area contributed by atoms with E-state index in [0.29, 0.717) is 10.8 Å². The van der Waals surface area contributed by atoms with Crippen molar-refractivity contribution < 1.29 is 9.53 Å². The number of fused-ring (bicyclic) bond motifs is 5. The van der Waals surface area contributed by atoms with Gasteiger partial charge in [0, 0.05) is 12.5 Å². The molecule has 3 fully saturated rings. The largest absolute Gasteiger partial charge is 0.459 e. The molecule has 0 aliphatic heterocycles. The zero-order chi connectivity index (χ0) is 35.1. The first kappa shape index (κ1) is 40.2. The molecular weight excluding hydrogens is 597 g/mol. The molecule has 8 atom stereocenters. The summed E-state index contributed by atoms with van der Waals surface area (Å²) in [4.78, 5) is 12.7. The summed E-state index contributed by atoms with van der Waals surface area (Å²) in [6.45, 7) is 14.9. The van der Waals surface area contributed by atoms with Crippen LogP contribution in [0.25, 0.3) is 0 Å². The summed E-state index contributed by atoms with van der Waals surface area (Å²) < 4.78 is 6.00. The normalized spacial score (nSPS) is 32.1. The lowest BCUT2D eigenvalue weighted by atomic mass is 9.47. The number of carbonyl (C=O) groups is 1. The zero-order valence-corrected chi connectivity index (χ0v) is 33.2. The molecule has 0 bridgehead atoms. The van der Waals surface area contributed by atoms with Crippen molar-refractivity contribution in [1.82, 2.24) is 0 Å². The molecule has 2 heteroatoms. The van der Waals surface area contributed by atoms with E-state index in [1.807, 2.05) is 18.2 Å². The van der Waals surface area contributed by atoms with Gasteiger partial charge < -0.3 is 4.74 Å². The summed E-state index contributed by atoms with van der Waals surface area (Å²) in [5.74, 6) is 4.98. The highest BCUT2D eigenvalue weighted by atomic mass is 16.5. The molecule has 0 aromatic rings. The maximum atomic E-state index is 12.7. The van der Waals surface area contributed by atoms with E-state index in [2.05, 4.69) is 59.8 Å².